The highest BCUT2D eigenvalue weighted by Crippen LogP contribution is 2.25. The molecule has 0 N–H and O–H groups in total. The van der Waals surface area contributed by atoms with E-state index in [9.17, 15) is 0 Å². The summed E-state index contributed by atoms with van der Waals surface area (Å²) in [5, 5.41) is 9.05. The van der Waals surface area contributed by atoms with Crippen molar-refractivity contribution in [3.05, 3.63) is 29.3 Å². The molecule has 1 aliphatic rings. The Bertz CT molecular complexity index is 469. The molecule has 2 rings (SSSR count). The molecule has 1 fully saturated rings. The normalized spacial score (nSPS) is 17.8. The van der Waals surface area contributed by atoms with Gasteiger partial charge in [0.1, 0.15) is 11.9 Å². The van der Waals surface area contributed by atoms with E-state index in [0.717, 1.165) is 36.5 Å². The summed E-state index contributed by atoms with van der Waals surface area (Å²) in [6.07, 6.45) is 2.17. The molecule has 0 unspecified atom stereocenters. The second kappa shape index (κ2) is 4.36. The van der Waals surface area contributed by atoms with Crippen LogP contribution in [-0.2, 0) is 0 Å². The molecular formula is C13H15N3. The Balaban J connectivity index is 2.45. The largest absolute Gasteiger partial charge is 0.363 e. The van der Waals surface area contributed by atoms with Gasteiger partial charge in [-0.25, -0.2) is 4.99 Å². The van der Waals surface area contributed by atoms with Gasteiger partial charge in [0.2, 0.25) is 0 Å². The summed E-state index contributed by atoms with van der Waals surface area (Å²) in [7, 11) is 2.05. The summed E-state index contributed by atoms with van der Waals surface area (Å²) in [5.41, 5.74) is 2.55. The van der Waals surface area contributed by atoms with Crippen molar-refractivity contribution >= 4 is 11.5 Å². The van der Waals surface area contributed by atoms with Crippen LogP contribution in [0.4, 0.5) is 5.69 Å². The summed E-state index contributed by atoms with van der Waals surface area (Å²) in [6, 6.07) is 7.91. The summed E-state index contributed by atoms with van der Waals surface area (Å²) in [6.45, 7) is 3.06. The molecule has 0 radical (unpaired) electrons. The van der Waals surface area contributed by atoms with Crippen LogP contribution in [0.25, 0.3) is 0 Å². The highest BCUT2D eigenvalue weighted by atomic mass is 15.2. The standard InChI is InChI=1S/C13H15N3/c1-10-5-3-6-11(9-14)13(10)15-12-7-4-8-16(12)2/h3,5-6H,4,7-8H2,1-2H3. The lowest BCUT2D eigenvalue weighted by atomic mass is 10.1. The van der Waals surface area contributed by atoms with Crippen molar-refractivity contribution in [3.8, 4) is 6.07 Å². The summed E-state index contributed by atoms with van der Waals surface area (Å²) >= 11 is 0. The third-order valence-electron chi connectivity index (χ3n) is 2.93. The van der Waals surface area contributed by atoms with Crippen molar-refractivity contribution in [3.63, 3.8) is 0 Å². The van der Waals surface area contributed by atoms with Gasteiger partial charge in [0.15, 0.2) is 0 Å². The number of aryl methyl sites for hydroxylation is 1. The molecule has 0 saturated carbocycles. The van der Waals surface area contributed by atoms with Crippen LogP contribution in [-0.4, -0.2) is 24.3 Å². The maximum atomic E-state index is 9.05. The van der Waals surface area contributed by atoms with Gasteiger partial charge in [-0.1, -0.05) is 12.1 Å². The molecule has 82 valence electrons. The fourth-order valence-electron chi connectivity index (χ4n) is 1.96. The zero-order valence-corrected chi connectivity index (χ0v) is 9.70. The number of hydrogen-bond acceptors (Lipinski definition) is 2. The van der Waals surface area contributed by atoms with Gasteiger partial charge in [-0.05, 0) is 25.0 Å². The molecule has 0 aromatic heterocycles. The van der Waals surface area contributed by atoms with E-state index < -0.39 is 0 Å². The zero-order valence-electron chi connectivity index (χ0n) is 9.70. The van der Waals surface area contributed by atoms with Crippen LogP contribution in [0.3, 0.4) is 0 Å². The number of nitriles is 1. The second-order valence-corrected chi connectivity index (χ2v) is 4.14. The molecule has 0 atom stereocenters. The van der Waals surface area contributed by atoms with Crippen LogP contribution in [0.2, 0.25) is 0 Å². The maximum Gasteiger partial charge on any atom is 0.105 e. The topological polar surface area (TPSA) is 39.4 Å². The van der Waals surface area contributed by atoms with Gasteiger partial charge in [-0.2, -0.15) is 5.26 Å². The lowest BCUT2D eigenvalue weighted by molar-refractivity contribution is 0.550. The average molecular weight is 213 g/mol. The minimum atomic E-state index is 0.660. The SMILES string of the molecule is Cc1cccc(C#N)c1N=C1CCCN1C. The summed E-state index contributed by atoms with van der Waals surface area (Å²) in [4.78, 5) is 6.79. The Hall–Kier alpha value is -1.82. The van der Waals surface area contributed by atoms with Gasteiger partial charge in [-0.3, -0.25) is 0 Å². The maximum absolute atomic E-state index is 9.05. The Morgan fingerprint density at radius 3 is 2.88 bits per heavy atom. The minimum absolute atomic E-state index is 0.660. The Morgan fingerprint density at radius 2 is 2.25 bits per heavy atom. The highest BCUT2D eigenvalue weighted by molar-refractivity contribution is 5.87. The molecule has 1 saturated heterocycles. The third kappa shape index (κ3) is 1.92. The van der Waals surface area contributed by atoms with Crippen LogP contribution < -0.4 is 0 Å². The van der Waals surface area contributed by atoms with Gasteiger partial charge >= 0.3 is 0 Å². The van der Waals surface area contributed by atoms with Gasteiger partial charge in [0, 0.05) is 20.0 Å². The van der Waals surface area contributed by atoms with E-state index in [4.69, 9.17) is 5.26 Å². The quantitative estimate of drug-likeness (QED) is 0.719. The van der Waals surface area contributed by atoms with E-state index in [1.807, 2.05) is 25.1 Å². The molecule has 1 aromatic rings. The third-order valence-corrected chi connectivity index (χ3v) is 2.93. The summed E-state index contributed by atoms with van der Waals surface area (Å²) < 4.78 is 0. The molecule has 0 bridgehead atoms. The predicted molar refractivity (Wildman–Crippen MR) is 64.9 cm³/mol. The first-order chi connectivity index (χ1) is 7.72. The van der Waals surface area contributed by atoms with Crippen LogP contribution in [0.5, 0.6) is 0 Å². The zero-order chi connectivity index (χ0) is 11.5. The van der Waals surface area contributed by atoms with Crippen molar-refractivity contribution in [1.82, 2.24) is 4.90 Å². The number of aliphatic imine (C=N–C) groups is 1. The molecule has 1 aromatic carbocycles. The lowest BCUT2D eigenvalue weighted by Gasteiger charge is -2.12. The summed E-state index contributed by atoms with van der Waals surface area (Å²) in [5.74, 6) is 1.09. The van der Waals surface area contributed by atoms with Crippen LogP contribution in [0, 0.1) is 18.3 Å². The number of hydrogen-bond donors (Lipinski definition) is 0. The first-order valence-electron chi connectivity index (χ1n) is 5.51. The molecule has 0 aliphatic carbocycles. The minimum Gasteiger partial charge on any atom is -0.363 e. The van der Waals surface area contributed by atoms with Crippen molar-refractivity contribution in [2.24, 2.45) is 4.99 Å². The number of benzene rings is 1. The van der Waals surface area contributed by atoms with Crippen molar-refractivity contribution in [2.45, 2.75) is 19.8 Å². The molecule has 3 heteroatoms. The predicted octanol–water partition coefficient (Wildman–Crippen LogP) is 2.62. The van der Waals surface area contributed by atoms with Crippen molar-refractivity contribution in [1.29, 1.82) is 5.26 Å². The van der Waals surface area contributed by atoms with Gasteiger partial charge < -0.3 is 4.90 Å². The smallest absolute Gasteiger partial charge is 0.105 e. The number of rotatable bonds is 1. The Kier molecular flexibility index (Phi) is 2.91. The second-order valence-electron chi connectivity index (χ2n) is 4.14. The molecule has 3 nitrogen and oxygen atoms in total. The first kappa shape index (κ1) is 10.7. The Morgan fingerprint density at radius 1 is 1.44 bits per heavy atom. The van der Waals surface area contributed by atoms with Crippen molar-refractivity contribution < 1.29 is 0 Å². The number of amidine groups is 1. The van der Waals surface area contributed by atoms with Crippen molar-refractivity contribution in [2.75, 3.05) is 13.6 Å². The monoisotopic (exact) mass is 213 g/mol. The van der Waals surface area contributed by atoms with Gasteiger partial charge in [0.05, 0.1) is 11.3 Å². The molecule has 16 heavy (non-hydrogen) atoms. The van der Waals surface area contributed by atoms with E-state index >= 15 is 0 Å². The van der Waals surface area contributed by atoms with E-state index in [0.29, 0.717) is 5.56 Å². The molecule has 0 spiro atoms. The molecule has 1 aliphatic heterocycles. The average Bonchev–Trinajstić information content (AvgIpc) is 2.67. The molecule has 1 heterocycles. The van der Waals surface area contributed by atoms with Crippen LogP contribution in [0.15, 0.2) is 23.2 Å². The van der Waals surface area contributed by atoms with Gasteiger partial charge in [0.25, 0.3) is 0 Å². The number of para-hydroxylation sites is 1. The van der Waals surface area contributed by atoms with E-state index in [1.165, 1.54) is 0 Å². The lowest BCUT2D eigenvalue weighted by Crippen LogP contribution is -2.18. The molecule has 0 amide bonds. The van der Waals surface area contributed by atoms with E-state index in [2.05, 4.69) is 23.0 Å². The fraction of sp³-hybridized carbons (Fsp3) is 0.385. The van der Waals surface area contributed by atoms with E-state index in [-0.39, 0.29) is 0 Å². The number of nitrogens with zero attached hydrogens (tertiary/aromatic N) is 3. The fourth-order valence-corrected chi connectivity index (χ4v) is 1.96. The van der Waals surface area contributed by atoms with Crippen LogP contribution >= 0.6 is 0 Å². The number of likely N-dealkylation sites (tertiary alicyclic amines) is 1. The van der Waals surface area contributed by atoms with Gasteiger partial charge in [-0.15, -0.1) is 0 Å². The van der Waals surface area contributed by atoms with Crippen LogP contribution in [0.1, 0.15) is 24.0 Å². The first-order valence-corrected chi connectivity index (χ1v) is 5.51. The van der Waals surface area contributed by atoms with E-state index in [1.54, 1.807) is 0 Å². The molecular weight excluding hydrogens is 198 g/mol. The highest BCUT2D eigenvalue weighted by Gasteiger charge is 2.15. The Labute approximate surface area is 96.0 Å².